The molecule has 0 aromatic heterocycles. The summed E-state index contributed by atoms with van der Waals surface area (Å²) in [5, 5.41) is 6.31. The van der Waals surface area contributed by atoms with Gasteiger partial charge in [0, 0.05) is 20.0 Å². The average Bonchev–Trinajstić information content (AvgIpc) is 2.20. The van der Waals surface area contributed by atoms with E-state index >= 15 is 0 Å². The topological polar surface area (TPSA) is 41.1 Å². The Morgan fingerprint density at radius 3 is 2.79 bits per heavy atom. The number of halogens is 1. The van der Waals surface area contributed by atoms with Crippen LogP contribution in [0.1, 0.15) is 6.42 Å². The number of hydrogen-bond acceptors (Lipinski definition) is 2. The fraction of sp³-hybridized carbons (Fsp3) is 0.300. The number of amides is 1. The summed E-state index contributed by atoms with van der Waals surface area (Å²) in [6, 6.07) is 7.45. The predicted octanol–water partition coefficient (Wildman–Crippen LogP) is 1.89. The maximum absolute atomic E-state index is 10.9. The molecule has 0 aliphatic carbocycles. The van der Waals surface area contributed by atoms with Crippen molar-refractivity contribution in [2.45, 2.75) is 6.42 Å². The molecule has 14 heavy (non-hydrogen) atoms. The Balaban J connectivity index is 2.39. The highest BCUT2D eigenvalue weighted by atomic mass is 35.5. The molecular formula is C10H13ClN2O. The Morgan fingerprint density at radius 1 is 1.43 bits per heavy atom. The van der Waals surface area contributed by atoms with Crippen molar-refractivity contribution in [3.05, 3.63) is 29.3 Å². The first-order chi connectivity index (χ1) is 6.74. The first kappa shape index (κ1) is 10.9. The van der Waals surface area contributed by atoms with Crippen LogP contribution >= 0.6 is 11.6 Å². The van der Waals surface area contributed by atoms with Gasteiger partial charge < -0.3 is 10.6 Å². The standard InChI is InChI=1S/C10H13ClN2O/c1-12-10(14)6-7-13-9-5-3-2-4-8(9)11/h2-5,13H,6-7H2,1H3,(H,12,14). The van der Waals surface area contributed by atoms with E-state index in [0.29, 0.717) is 18.0 Å². The molecule has 76 valence electrons. The minimum atomic E-state index is 0.0181. The van der Waals surface area contributed by atoms with Crippen LogP contribution in [0.25, 0.3) is 0 Å². The second-order valence-corrected chi connectivity index (χ2v) is 3.24. The zero-order valence-corrected chi connectivity index (χ0v) is 8.77. The van der Waals surface area contributed by atoms with E-state index in [-0.39, 0.29) is 5.91 Å². The first-order valence-electron chi connectivity index (χ1n) is 4.43. The molecule has 1 aromatic rings. The number of para-hydroxylation sites is 1. The molecule has 1 amide bonds. The van der Waals surface area contributed by atoms with Crippen LogP contribution in [0, 0.1) is 0 Å². The summed E-state index contributed by atoms with van der Waals surface area (Å²) >= 11 is 5.91. The molecule has 0 aliphatic heterocycles. The van der Waals surface area contributed by atoms with Crippen LogP contribution in [0.4, 0.5) is 5.69 Å². The summed E-state index contributed by atoms with van der Waals surface area (Å²) in [5.41, 5.74) is 0.859. The highest BCUT2D eigenvalue weighted by Gasteiger charge is 1.99. The molecule has 0 spiro atoms. The molecule has 4 heteroatoms. The number of rotatable bonds is 4. The average molecular weight is 213 g/mol. The highest BCUT2D eigenvalue weighted by Crippen LogP contribution is 2.19. The molecule has 0 radical (unpaired) electrons. The van der Waals surface area contributed by atoms with Gasteiger partial charge in [0.15, 0.2) is 0 Å². The van der Waals surface area contributed by atoms with Gasteiger partial charge in [-0.3, -0.25) is 4.79 Å². The van der Waals surface area contributed by atoms with Gasteiger partial charge in [-0.2, -0.15) is 0 Å². The third-order valence-corrected chi connectivity index (χ3v) is 2.15. The molecule has 0 atom stereocenters. The van der Waals surface area contributed by atoms with Crippen molar-refractivity contribution < 1.29 is 4.79 Å². The molecule has 2 N–H and O–H groups in total. The number of benzene rings is 1. The van der Waals surface area contributed by atoms with Crippen LogP contribution < -0.4 is 10.6 Å². The van der Waals surface area contributed by atoms with Gasteiger partial charge in [-0.15, -0.1) is 0 Å². The zero-order chi connectivity index (χ0) is 10.4. The van der Waals surface area contributed by atoms with Crippen molar-refractivity contribution >= 4 is 23.2 Å². The number of carbonyl (C=O) groups is 1. The van der Waals surface area contributed by atoms with Gasteiger partial charge in [-0.25, -0.2) is 0 Å². The van der Waals surface area contributed by atoms with Gasteiger partial charge >= 0.3 is 0 Å². The second kappa shape index (κ2) is 5.50. The van der Waals surface area contributed by atoms with Crippen LogP contribution in [-0.2, 0) is 4.79 Å². The number of nitrogens with one attached hydrogen (secondary N) is 2. The van der Waals surface area contributed by atoms with E-state index in [1.54, 1.807) is 7.05 Å². The Bertz CT molecular complexity index is 315. The van der Waals surface area contributed by atoms with Gasteiger partial charge in [0.1, 0.15) is 0 Å². The van der Waals surface area contributed by atoms with Crippen molar-refractivity contribution in [2.24, 2.45) is 0 Å². The molecule has 0 heterocycles. The summed E-state index contributed by atoms with van der Waals surface area (Å²) in [7, 11) is 1.62. The van der Waals surface area contributed by atoms with Gasteiger partial charge in [-0.05, 0) is 12.1 Å². The van der Waals surface area contributed by atoms with E-state index in [0.717, 1.165) is 5.69 Å². The lowest BCUT2D eigenvalue weighted by atomic mass is 10.3. The fourth-order valence-electron chi connectivity index (χ4n) is 1.04. The van der Waals surface area contributed by atoms with E-state index in [1.807, 2.05) is 24.3 Å². The Labute approximate surface area is 88.5 Å². The number of hydrogen-bond donors (Lipinski definition) is 2. The van der Waals surface area contributed by atoms with Crippen LogP contribution in [0.5, 0.6) is 0 Å². The fourth-order valence-corrected chi connectivity index (χ4v) is 1.24. The number of carbonyl (C=O) groups excluding carboxylic acids is 1. The summed E-state index contributed by atoms with van der Waals surface area (Å²) in [5.74, 6) is 0.0181. The van der Waals surface area contributed by atoms with Crippen molar-refractivity contribution in [3.8, 4) is 0 Å². The predicted molar refractivity (Wildman–Crippen MR) is 58.6 cm³/mol. The molecular weight excluding hydrogens is 200 g/mol. The first-order valence-corrected chi connectivity index (χ1v) is 4.81. The minimum absolute atomic E-state index is 0.0181. The molecule has 0 aliphatic rings. The molecule has 0 saturated carbocycles. The monoisotopic (exact) mass is 212 g/mol. The Hall–Kier alpha value is -1.22. The lowest BCUT2D eigenvalue weighted by molar-refractivity contribution is -0.120. The summed E-state index contributed by atoms with van der Waals surface area (Å²) in [6.45, 7) is 0.587. The van der Waals surface area contributed by atoms with Crippen molar-refractivity contribution in [2.75, 3.05) is 18.9 Å². The van der Waals surface area contributed by atoms with Gasteiger partial charge in [0.25, 0.3) is 0 Å². The van der Waals surface area contributed by atoms with E-state index < -0.39 is 0 Å². The van der Waals surface area contributed by atoms with Gasteiger partial charge in [0.05, 0.1) is 10.7 Å². The highest BCUT2D eigenvalue weighted by molar-refractivity contribution is 6.33. The smallest absolute Gasteiger partial charge is 0.221 e. The third kappa shape index (κ3) is 3.26. The SMILES string of the molecule is CNC(=O)CCNc1ccccc1Cl. The maximum Gasteiger partial charge on any atom is 0.221 e. The Morgan fingerprint density at radius 2 is 2.14 bits per heavy atom. The molecule has 0 unspecified atom stereocenters. The van der Waals surface area contributed by atoms with Gasteiger partial charge in [-0.1, -0.05) is 23.7 Å². The lowest BCUT2D eigenvalue weighted by Gasteiger charge is -2.06. The van der Waals surface area contributed by atoms with Gasteiger partial charge in [0.2, 0.25) is 5.91 Å². The van der Waals surface area contributed by atoms with Crippen LogP contribution in [0.2, 0.25) is 5.02 Å². The maximum atomic E-state index is 10.9. The van der Waals surface area contributed by atoms with Crippen LogP contribution in [0.3, 0.4) is 0 Å². The lowest BCUT2D eigenvalue weighted by Crippen LogP contribution is -2.20. The molecule has 1 aromatic carbocycles. The third-order valence-electron chi connectivity index (χ3n) is 1.82. The summed E-state index contributed by atoms with van der Waals surface area (Å²) in [6.07, 6.45) is 0.446. The van der Waals surface area contributed by atoms with Crippen molar-refractivity contribution in [1.29, 1.82) is 0 Å². The molecule has 0 saturated heterocycles. The van der Waals surface area contributed by atoms with E-state index in [9.17, 15) is 4.79 Å². The van der Waals surface area contributed by atoms with Crippen molar-refractivity contribution in [3.63, 3.8) is 0 Å². The Kier molecular flexibility index (Phi) is 4.26. The molecule has 1 rings (SSSR count). The molecule has 0 fully saturated rings. The summed E-state index contributed by atoms with van der Waals surface area (Å²) in [4.78, 5) is 10.9. The summed E-state index contributed by atoms with van der Waals surface area (Å²) < 4.78 is 0. The number of anilines is 1. The normalized spacial score (nSPS) is 9.57. The van der Waals surface area contributed by atoms with Crippen LogP contribution in [0.15, 0.2) is 24.3 Å². The molecule has 3 nitrogen and oxygen atoms in total. The van der Waals surface area contributed by atoms with E-state index in [4.69, 9.17) is 11.6 Å². The largest absolute Gasteiger partial charge is 0.383 e. The van der Waals surface area contributed by atoms with Crippen molar-refractivity contribution in [1.82, 2.24) is 5.32 Å². The zero-order valence-electron chi connectivity index (χ0n) is 8.01. The molecule has 0 bridgehead atoms. The van der Waals surface area contributed by atoms with E-state index in [2.05, 4.69) is 10.6 Å². The van der Waals surface area contributed by atoms with E-state index in [1.165, 1.54) is 0 Å². The minimum Gasteiger partial charge on any atom is -0.383 e. The van der Waals surface area contributed by atoms with Crippen LogP contribution in [-0.4, -0.2) is 19.5 Å². The quantitative estimate of drug-likeness (QED) is 0.801. The second-order valence-electron chi connectivity index (χ2n) is 2.83.